The fraction of sp³-hybridized carbons (Fsp3) is 0.467. The van der Waals surface area contributed by atoms with Crippen LogP contribution in [0.5, 0.6) is 0 Å². The van der Waals surface area contributed by atoms with E-state index in [9.17, 15) is 9.59 Å². The van der Waals surface area contributed by atoms with Gasteiger partial charge in [-0.05, 0) is 0 Å². The fourth-order valence-corrected chi connectivity index (χ4v) is 21.3. The number of anilines is 2. The second-order valence-corrected chi connectivity index (χ2v) is 23.1. The summed E-state index contributed by atoms with van der Waals surface area (Å²) < 4.78 is 5.55. The van der Waals surface area contributed by atoms with Crippen LogP contribution in [-0.4, -0.2) is 37.1 Å². The van der Waals surface area contributed by atoms with Crippen molar-refractivity contribution in [3.63, 3.8) is 0 Å². The second kappa shape index (κ2) is 12.8. The Balaban J connectivity index is 2.07. The number of allylic oxidation sites excluding steroid dienone is 1. The molecule has 188 valence electrons. The Morgan fingerprint density at radius 2 is 1.49 bits per heavy atom. The van der Waals surface area contributed by atoms with Gasteiger partial charge < -0.3 is 0 Å². The average molecular weight is 581 g/mol. The molecule has 1 heterocycles. The number of hydrogen-bond acceptors (Lipinski definition) is 3. The molecule has 0 saturated heterocycles. The maximum atomic E-state index is 13.7. The molecule has 0 aliphatic carbocycles. The third kappa shape index (κ3) is 6.19. The van der Waals surface area contributed by atoms with Crippen LogP contribution >= 0.6 is 0 Å². The summed E-state index contributed by atoms with van der Waals surface area (Å²) in [4.78, 5) is 28.0. The molecule has 0 aromatic heterocycles. The molecular weight excluding hydrogens is 539 g/mol. The molecule has 5 heteroatoms. The molecule has 1 N–H and O–H groups in total. The standard InChI is InChI=1S/C18H15N2O2.3C4H9.Sn/c1-12(21)20-16-6-4-3-5-15(16)18(22)17(20)11-13-7-9-14(19-2)10-8-13;3*1-3-4-2;/h4-11,19H,1-2H3;3*1,3-4H2,2H3;/b17-11-;;;;. The van der Waals surface area contributed by atoms with E-state index >= 15 is 0 Å². The first-order valence-corrected chi connectivity index (χ1v) is 20.9. The van der Waals surface area contributed by atoms with E-state index in [2.05, 4.69) is 44.3 Å². The molecule has 2 aromatic rings. The van der Waals surface area contributed by atoms with Crippen LogP contribution in [0.1, 0.15) is 82.1 Å². The second-order valence-electron chi connectivity index (χ2n) is 9.91. The van der Waals surface area contributed by atoms with Crippen LogP contribution in [0.25, 0.3) is 6.08 Å². The van der Waals surface area contributed by atoms with Crippen molar-refractivity contribution in [1.29, 1.82) is 0 Å². The van der Waals surface area contributed by atoms with Crippen LogP contribution in [0.4, 0.5) is 11.4 Å². The van der Waals surface area contributed by atoms with Crippen LogP contribution in [0.15, 0.2) is 48.2 Å². The van der Waals surface area contributed by atoms with Gasteiger partial charge in [-0.3, -0.25) is 0 Å². The molecule has 4 nitrogen and oxygen atoms in total. The van der Waals surface area contributed by atoms with Gasteiger partial charge in [-0.2, -0.15) is 0 Å². The number of carbonyl (C=O) groups is 2. The van der Waals surface area contributed by atoms with E-state index in [1.807, 2.05) is 37.4 Å². The van der Waals surface area contributed by atoms with Gasteiger partial charge in [0.05, 0.1) is 0 Å². The molecule has 0 fully saturated rings. The SMILES string of the molecule is CCC[CH2][Sn]([CH2]CCC)([CH2]CCC)[c]1ccc2c(c1)C(=O)/C(=C/c1ccc(NC)cc1)N2C(C)=O. The molecule has 1 aliphatic rings. The van der Waals surface area contributed by atoms with Crippen molar-refractivity contribution in [1.82, 2.24) is 0 Å². The predicted octanol–water partition coefficient (Wildman–Crippen LogP) is 7.37. The van der Waals surface area contributed by atoms with E-state index in [4.69, 9.17) is 0 Å². The monoisotopic (exact) mass is 582 g/mol. The number of nitrogens with zero attached hydrogens (tertiary/aromatic N) is 1. The normalized spacial score (nSPS) is 14.5. The Hall–Kier alpha value is -2.08. The van der Waals surface area contributed by atoms with Gasteiger partial charge in [0.2, 0.25) is 0 Å². The van der Waals surface area contributed by atoms with Crippen molar-refractivity contribution >= 4 is 51.1 Å². The van der Waals surface area contributed by atoms with Crippen LogP contribution in [0.3, 0.4) is 0 Å². The van der Waals surface area contributed by atoms with E-state index < -0.39 is 18.4 Å². The zero-order chi connectivity index (χ0) is 25.4. The minimum absolute atomic E-state index is 0.0311. The molecule has 2 aromatic carbocycles. The molecular formula is C30H42N2O2Sn. The third-order valence-corrected chi connectivity index (χ3v) is 23.0. The molecule has 3 rings (SSSR count). The zero-order valence-corrected chi connectivity index (χ0v) is 25.1. The molecule has 1 amide bonds. The molecule has 0 saturated carbocycles. The molecule has 35 heavy (non-hydrogen) atoms. The first-order chi connectivity index (χ1) is 16.9. The Labute approximate surface area is 216 Å². The number of nitrogens with one attached hydrogen (secondary N) is 1. The number of carbonyl (C=O) groups excluding carboxylic acids is 2. The zero-order valence-electron chi connectivity index (χ0n) is 22.2. The summed E-state index contributed by atoms with van der Waals surface area (Å²) in [5.41, 5.74) is 3.83. The van der Waals surface area contributed by atoms with Gasteiger partial charge in [-0.15, -0.1) is 0 Å². The summed E-state index contributed by atoms with van der Waals surface area (Å²) in [7, 11) is 1.88. The summed E-state index contributed by atoms with van der Waals surface area (Å²) >= 11 is -2.68. The van der Waals surface area contributed by atoms with Gasteiger partial charge in [0.25, 0.3) is 0 Å². The Kier molecular flexibility index (Phi) is 10.0. The predicted molar refractivity (Wildman–Crippen MR) is 152 cm³/mol. The Morgan fingerprint density at radius 3 is 1.97 bits per heavy atom. The topological polar surface area (TPSA) is 49.4 Å². The van der Waals surface area contributed by atoms with Crippen molar-refractivity contribution < 1.29 is 9.59 Å². The van der Waals surface area contributed by atoms with Crippen LogP contribution in [-0.2, 0) is 4.79 Å². The van der Waals surface area contributed by atoms with Crippen LogP contribution < -0.4 is 13.8 Å². The van der Waals surface area contributed by atoms with Crippen LogP contribution in [0.2, 0.25) is 13.3 Å². The van der Waals surface area contributed by atoms with E-state index in [1.54, 1.807) is 11.8 Å². The van der Waals surface area contributed by atoms with Gasteiger partial charge in [0, 0.05) is 0 Å². The number of benzene rings is 2. The molecule has 0 radical (unpaired) electrons. The van der Waals surface area contributed by atoms with E-state index in [0.717, 1.165) is 16.9 Å². The maximum absolute atomic E-state index is 13.7. The average Bonchev–Trinajstić information content (AvgIpc) is 3.15. The molecule has 0 unspecified atom stereocenters. The molecule has 0 bridgehead atoms. The molecule has 0 atom stereocenters. The summed E-state index contributed by atoms with van der Waals surface area (Å²) in [6.07, 6.45) is 9.35. The van der Waals surface area contributed by atoms with Crippen LogP contribution in [0, 0.1) is 0 Å². The number of Topliss-reactive ketones (excluding diaryl/α,β-unsaturated/α-hetero) is 1. The summed E-state index contributed by atoms with van der Waals surface area (Å²) in [6, 6.07) is 14.4. The summed E-state index contributed by atoms with van der Waals surface area (Å²) in [5.74, 6) is -0.155. The first kappa shape index (κ1) is 27.5. The number of rotatable bonds is 12. The summed E-state index contributed by atoms with van der Waals surface area (Å²) in [5, 5.41) is 3.12. The fourth-order valence-electron chi connectivity index (χ4n) is 5.34. The minimum atomic E-state index is -2.68. The van der Waals surface area contributed by atoms with E-state index in [-0.39, 0.29) is 11.7 Å². The number of fused-ring (bicyclic) bond motifs is 1. The number of unbranched alkanes of at least 4 members (excludes halogenated alkanes) is 3. The molecule has 0 spiro atoms. The van der Waals surface area contributed by atoms with E-state index in [1.165, 1.54) is 55.4 Å². The number of amides is 1. The number of ketones is 1. The first-order valence-electron chi connectivity index (χ1n) is 13.4. The van der Waals surface area contributed by atoms with Crippen molar-refractivity contribution in [3.05, 3.63) is 59.3 Å². The summed E-state index contributed by atoms with van der Waals surface area (Å²) in [6.45, 7) is 8.40. The Morgan fingerprint density at radius 1 is 0.914 bits per heavy atom. The van der Waals surface area contributed by atoms with Crippen molar-refractivity contribution in [3.8, 4) is 0 Å². The van der Waals surface area contributed by atoms with Gasteiger partial charge in [0.1, 0.15) is 0 Å². The van der Waals surface area contributed by atoms with Gasteiger partial charge in [-0.1, -0.05) is 0 Å². The van der Waals surface area contributed by atoms with Gasteiger partial charge >= 0.3 is 217 Å². The van der Waals surface area contributed by atoms with Crippen molar-refractivity contribution in [2.75, 3.05) is 17.3 Å². The van der Waals surface area contributed by atoms with Crippen molar-refractivity contribution in [2.24, 2.45) is 0 Å². The molecule has 1 aliphatic heterocycles. The van der Waals surface area contributed by atoms with E-state index in [0.29, 0.717) is 11.3 Å². The van der Waals surface area contributed by atoms with Gasteiger partial charge in [-0.25, -0.2) is 0 Å². The van der Waals surface area contributed by atoms with Crippen molar-refractivity contribution in [2.45, 2.75) is 79.5 Å². The quantitative estimate of drug-likeness (QED) is 0.210. The third-order valence-electron chi connectivity index (χ3n) is 7.41. The number of hydrogen-bond donors (Lipinski definition) is 1. The van der Waals surface area contributed by atoms with Gasteiger partial charge in [0.15, 0.2) is 0 Å². The Bertz CT molecular complexity index is 1040.